The summed E-state index contributed by atoms with van der Waals surface area (Å²) >= 11 is 0. The fourth-order valence-electron chi connectivity index (χ4n) is 3.93. The molecule has 32 heavy (non-hydrogen) atoms. The van der Waals surface area contributed by atoms with Gasteiger partial charge in [-0.3, -0.25) is 9.69 Å². The number of piperidine rings is 1. The van der Waals surface area contributed by atoms with Crippen molar-refractivity contribution in [3.05, 3.63) is 60.2 Å². The normalized spacial score (nSPS) is 16.9. The highest BCUT2D eigenvalue weighted by atomic mass is 32.2. The van der Waals surface area contributed by atoms with Crippen molar-refractivity contribution in [2.75, 3.05) is 37.6 Å². The van der Waals surface area contributed by atoms with Crippen LogP contribution in [0.3, 0.4) is 0 Å². The highest BCUT2D eigenvalue weighted by Crippen LogP contribution is 2.19. The number of carbonyl (C=O) groups excluding carboxylic acids is 1. The molecule has 0 aliphatic carbocycles. The van der Waals surface area contributed by atoms with E-state index in [-0.39, 0.29) is 29.7 Å². The Morgan fingerprint density at radius 3 is 2.59 bits per heavy atom. The molecule has 1 N–H and O–H groups in total. The molecule has 0 spiro atoms. The zero-order valence-electron chi connectivity index (χ0n) is 18.4. The topological polar surface area (TPSA) is 93.5 Å². The molecule has 1 aliphatic heterocycles. The van der Waals surface area contributed by atoms with Crippen LogP contribution in [-0.4, -0.2) is 51.9 Å². The molecule has 1 heterocycles. The monoisotopic (exact) mass is 454 g/mol. The zero-order valence-corrected chi connectivity index (χ0v) is 19.2. The number of nitrogens with zero attached hydrogens (tertiary/aromatic N) is 3. The Morgan fingerprint density at radius 1 is 1.19 bits per heavy atom. The second-order valence-electron chi connectivity index (χ2n) is 8.20. The standard InChI is InChI=1S/C24H30N4O3S/c1-20-10-12-23(13-11-20)32(30,31)26-17-21-7-5-15-27(18-21)19-24(29)28(16-6-14-25)22-8-3-2-4-9-22/h2-4,8-13,21,26H,5-7,15-19H2,1H3. The van der Waals surface area contributed by atoms with Crippen LogP contribution in [0.15, 0.2) is 59.5 Å². The Hall–Kier alpha value is -2.73. The first kappa shape index (κ1) is 23.9. The predicted molar refractivity (Wildman–Crippen MR) is 125 cm³/mol. The van der Waals surface area contributed by atoms with Crippen molar-refractivity contribution in [3.8, 4) is 6.07 Å². The Kier molecular flexibility index (Phi) is 8.39. The number of likely N-dealkylation sites (tertiary alicyclic amines) is 1. The van der Waals surface area contributed by atoms with Crippen LogP contribution in [-0.2, 0) is 14.8 Å². The molecule has 0 saturated carbocycles. The quantitative estimate of drug-likeness (QED) is 0.629. The van der Waals surface area contributed by atoms with Crippen LogP contribution in [0.25, 0.3) is 0 Å². The van der Waals surface area contributed by atoms with Gasteiger partial charge in [0, 0.05) is 25.3 Å². The van der Waals surface area contributed by atoms with E-state index in [0.29, 0.717) is 19.6 Å². The molecule has 1 saturated heterocycles. The van der Waals surface area contributed by atoms with E-state index in [1.807, 2.05) is 37.3 Å². The van der Waals surface area contributed by atoms with Gasteiger partial charge in [-0.1, -0.05) is 35.9 Å². The summed E-state index contributed by atoms with van der Waals surface area (Å²) in [5, 5.41) is 8.97. The van der Waals surface area contributed by atoms with Gasteiger partial charge in [0.2, 0.25) is 15.9 Å². The van der Waals surface area contributed by atoms with E-state index in [0.717, 1.165) is 30.6 Å². The van der Waals surface area contributed by atoms with Gasteiger partial charge in [0.15, 0.2) is 0 Å². The van der Waals surface area contributed by atoms with E-state index in [4.69, 9.17) is 5.26 Å². The van der Waals surface area contributed by atoms with Gasteiger partial charge in [-0.05, 0) is 56.5 Å². The molecule has 1 atom stereocenters. The van der Waals surface area contributed by atoms with E-state index in [1.165, 1.54) is 0 Å². The van der Waals surface area contributed by atoms with Gasteiger partial charge in [0.05, 0.1) is 23.9 Å². The van der Waals surface area contributed by atoms with Crippen LogP contribution in [0.1, 0.15) is 24.8 Å². The van der Waals surface area contributed by atoms with Crippen molar-refractivity contribution in [2.24, 2.45) is 5.92 Å². The van der Waals surface area contributed by atoms with Crippen molar-refractivity contribution in [3.63, 3.8) is 0 Å². The fourth-order valence-corrected chi connectivity index (χ4v) is 5.05. The Labute approximate surface area is 190 Å². The van der Waals surface area contributed by atoms with Crippen molar-refractivity contribution in [2.45, 2.75) is 31.1 Å². The van der Waals surface area contributed by atoms with Crippen LogP contribution in [0.5, 0.6) is 0 Å². The summed E-state index contributed by atoms with van der Waals surface area (Å²) in [5.74, 6) is 0.0911. The molecule has 170 valence electrons. The Balaban J connectivity index is 1.57. The number of anilines is 1. The summed E-state index contributed by atoms with van der Waals surface area (Å²) < 4.78 is 27.9. The molecule has 3 rings (SSSR count). The average Bonchev–Trinajstić information content (AvgIpc) is 2.79. The molecule has 2 aromatic carbocycles. The molecule has 1 amide bonds. The number of hydrogen-bond donors (Lipinski definition) is 1. The van der Waals surface area contributed by atoms with Crippen LogP contribution in [0, 0.1) is 24.2 Å². The number of aryl methyl sites for hydroxylation is 1. The molecule has 0 bridgehead atoms. The number of sulfonamides is 1. The molecule has 2 aromatic rings. The van der Waals surface area contributed by atoms with Crippen LogP contribution < -0.4 is 9.62 Å². The SMILES string of the molecule is Cc1ccc(S(=O)(=O)NCC2CCCN(CC(=O)N(CCC#N)c3ccccc3)C2)cc1. The Bertz CT molecular complexity index is 1030. The van der Waals surface area contributed by atoms with Gasteiger partial charge >= 0.3 is 0 Å². The smallest absolute Gasteiger partial charge is 0.241 e. The minimum Gasteiger partial charge on any atom is -0.310 e. The molecule has 0 aromatic heterocycles. The van der Waals surface area contributed by atoms with Crippen LogP contribution in [0.2, 0.25) is 0 Å². The minimum absolute atomic E-state index is 0.0488. The lowest BCUT2D eigenvalue weighted by atomic mass is 9.98. The first-order chi connectivity index (χ1) is 15.4. The maximum Gasteiger partial charge on any atom is 0.241 e. The molecular formula is C24H30N4O3S. The first-order valence-corrected chi connectivity index (χ1v) is 12.4. The van der Waals surface area contributed by atoms with E-state index in [1.54, 1.807) is 29.2 Å². The number of hydrogen-bond acceptors (Lipinski definition) is 5. The lowest BCUT2D eigenvalue weighted by molar-refractivity contribution is -0.120. The molecule has 1 fully saturated rings. The number of rotatable bonds is 9. The second kappa shape index (κ2) is 11.2. The maximum atomic E-state index is 13.0. The zero-order chi connectivity index (χ0) is 23.0. The van der Waals surface area contributed by atoms with Crippen molar-refractivity contribution < 1.29 is 13.2 Å². The van der Waals surface area contributed by atoms with Crippen molar-refractivity contribution in [1.29, 1.82) is 5.26 Å². The average molecular weight is 455 g/mol. The number of amides is 1. The summed E-state index contributed by atoms with van der Waals surface area (Å²) in [7, 11) is -3.55. The summed E-state index contributed by atoms with van der Waals surface area (Å²) in [4.78, 5) is 17.0. The van der Waals surface area contributed by atoms with Gasteiger partial charge in [-0.25, -0.2) is 13.1 Å². The molecule has 1 unspecified atom stereocenters. The lowest BCUT2D eigenvalue weighted by Crippen LogP contribution is -2.46. The third-order valence-corrected chi connectivity index (χ3v) is 7.11. The highest BCUT2D eigenvalue weighted by Gasteiger charge is 2.25. The third kappa shape index (κ3) is 6.63. The largest absolute Gasteiger partial charge is 0.310 e. The highest BCUT2D eigenvalue weighted by molar-refractivity contribution is 7.89. The van der Waals surface area contributed by atoms with E-state index >= 15 is 0 Å². The predicted octanol–water partition coefficient (Wildman–Crippen LogP) is 2.93. The van der Waals surface area contributed by atoms with Gasteiger partial charge < -0.3 is 4.90 Å². The van der Waals surface area contributed by atoms with Gasteiger partial charge in [0.1, 0.15) is 0 Å². The first-order valence-electron chi connectivity index (χ1n) is 10.9. The number of nitriles is 1. The maximum absolute atomic E-state index is 13.0. The third-order valence-electron chi connectivity index (χ3n) is 5.67. The second-order valence-corrected chi connectivity index (χ2v) is 9.96. The van der Waals surface area contributed by atoms with E-state index in [2.05, 4.69) is 15.7 Å². The van der Waals surface area contributed by atoms with Gasteiger partial charge in [-0.15, -0.1) is 0 Å². The number of nitrogens with one attached hydrogen (secondary N) is 1. The van der Waals surface area contributed by atoms with E-state index < -0.39 is 10.0 Å². The van der Waals surface area contributed by atoms with Gasteiger partial charge in [0.25, 0.3) is 0 Å². The molecule has 8 heteroatoms. The summed E-state index contributed by atoms with van der Waals surface area (Å²) in [6.07, 6.45) is 2.09. The van der Waals surface area contributed by atoms with Crippen LogP contribution >= 0.6 is 0 Å². The molecule has 7 nitrogen and oxygen atoms in total. The van der Waals surface area contributed by atoms with Crippen LogP contribution in [0.4, 0.5) is 5.69 Å². The number of benzene rings is 2. The summed E-state index contributed by atoms with van der Waals surface area (Å²) in [5.41, 5.74) is 1.79. The number of para-hydroxylation sites is 1. The molecule has 0 radical (unpaired) electrons. The fraction of sp³-hybridized carbons (Fsp3) is 0.417. The van der Waals surface area contributed by atoms with Crippen molar-refractivity contribution >= 4 is 21.6 Å². The summed E-state index contributed by atoms with van der Waals surface area (Å²) in [6.45, 7) is 4.32. The molecule has 1 aliphatic rings. The van der Waals surface area contributed by atoms with E-state index in [9.17, 15) is 13.2 Å². The Morgan fingerprint density at radius 2 is 1.91 bits per heavy atom. The summed E-state index contributed by atoms with van der Waals surface area (Å²) in [6, 6.07) is 18.3. The molecular weight excluding hydrogens is 424 g/mol. The lowest BCUT2D eigenvalue weighted by Gasteiger charge is -2.33. The van der Waals surface area contributed by atoms with Gasteiger partial charge in [-0.2, -0.15) is 5.26 Å². The van der Waals surface area contributed by atoms with Crippen molar-refractivity contribution in [1.82, 2.24) is 9.62 Å². The minimum atomic E-state index is -3.55. The number of carbonyl (C=O) groups is 1.